The summed E-state index contributed by atoms with van der Waals surface area (Å²) in [5, 5.41) is 6.34. The lowest BCUT2D eigenvalue weighted by Crippen LogP contribution is -2.46. The van der Waals surface area contributed by atoms with E-state index < -0.39 is 0 Å². The molecule has 1 saturated heterocycles. The summed E-state index contributed by atoms with van der Waals surface area (Å²) in [7, 11) is 0. The second kappa shape index (κ2) is 6.47. The molecule has 3 aliphatic rings. The van der Waals surface area contributed by atoms with Gasteiger partial charge in [-0.3, -0.25) is 9.59 Å². The molecule has 2 amide bonds. The second-order valence-electron chi connectivity index (χ2n) is 7.55. The van der Waals surface area contributed by atoms with Crippen molar-refractivity contribution in [3.63, 3.8) is 0 Å². The smallest absolute Gasteiger partial charge is 0.225 e. The molecule has 0 bridgehead atoms. The van der Waals surface area contributed by atoms with Gasteiger partial charge in [0.2, 0.25) is 11.8 Å². The minimum atomic E-state index is -0.0660. The van der Waals surface area contributed by atoms with Crippen LogP contribution in [0.1, 0.15) is 55.3 Å². The fourth-order valence-electron chi connectivity index (χ4n) is 3.58. The highest BCUT2D eigenvalue weighted by atomic mass is 32.1. The highest BCUT2D eigenvalue weighted by Crippen LogP contribution is 2.42. The summed E-state index contributed by atoms with van der Waals surface area (Å²) >= 11 is 1.64. The molecular weight excluding hydrogens is 322 g/mol. The third kappa shape index (κ3) is 3.48. The molecule has 24 heavy (non-hydrogen) atoms. The maximum absolute atomic E-state index is 12.8. The number of piperidine rings is 1. The van der Waals surface area contributed by atoms with E-state index in [1.54, 1.807) is 11.3 Å². The average molecular weight is 347 g/mol. The van der Waals surface area contributed by atoms with Gasteiger partial charge in [-0.1, -0.05) is 0 Å². The molecule has 3 fully saturated rings. The Hall–Kier alpha value is -1.43. The minimum absolute atomic E-state index is 0.0608. The van der Waals surface area contributed by atoms with E-state index in [9.17, 15) is 9.59 Å². The number of amides is 2. The van der Waals surface area contributed by atoms with E-state index in [2.05, 4.69) is 10.3 Å². The van der Waals surface area contributed by atoms with Gasteiger partial charge in [0.15, 0.2) is 0 Å². The van der Waals surface area contributed by atoms with E-state index in [1.807, 2.05) is 17.2 Å². The molecule has 0 unspecified atom stereocenters. The lowest BCUT2D eigenvalue weighted by molar-refractivity contribution is -0.137. The number of nitrogens with zero attached hydrogens (tertiary/aromatic N) is 2. The van der Waals surface area contributed by atoms with Crippen molar-refractivity contribution in [2.75, 3.05) is 13.1 Å². The van der Waals surface area contributed by atoms with Gasteiger partial charge in [-0.2, -0.15) is 0 Å². The third-order valence-corrected chi connectivity index (χ3v) is 6.37. The van der Waals surface area contributed by atoms with Gasteiger partial charge in [-0.05, 0) is 51.4 Å². The molecule has 2 atom stereocenters. The first-order valence-electron chi connectivity index (χ1n) is 9.13. The zero-order valence-corrected chi connectivity index (χ0v) is 15.0. The van der Waals surface area contributed by atoms with Crippen molar-refractivity contribution in [1.29, 1.82) is 0 Å². The summed E-state index contributed by atoms with van der Waals surface area (Å²) < 4.78 is 0. The molecule has 0 spiro atoms. The Balaban J connectivity index is 1.39. The van der Waals surface area contributed by atoms with Crippen molar-refractivity contribution < 1.29 is 9.59 Å². The Labute approximate surface area is 146 Å². The molecule has 6 heteroatoms. The van der Waals surface area contributed by atoms with Crippen LogP contribution in [-0.2, 0) is 9.59 Å². The van der Waals surface area contributed by atoms with Crippen molar-refractivity contribution in [2.24, 2.45) is 17.8 Å². The van der Waals surface area contributed by atoms with Crippen LogP contribution in [0.2, 0.25) is 0 Å². The van der Waals surface area contributed by atoms with E-state index in [4.69, 9.17) is 0 Å². The number of likely N-dealkylation sites (tertiary alicyclic amines) is 1. The quantitative estimate of drug-likeness (QED) is 0.891. The molecule has 0 radical (unpaired) electrons. The number of hydrogen-bond acceptors (Lipinski definition) is 4. The SMILES string of the molecule is Cc1csc([C@H](NC(=O)[C@H]2CCCN(C(=O)C3CC3)C2)C2CC2)n1. The molecule has 1 aromatic heterocycles. The van der Waals surface area contributed by atoms with Gasteiger partial charge in [0, 0.05) is 30.1 Å². The molecule has 1 N–H and O–H groups in total. The summed E-state index contributed by atoms with van der Waals surface area (Å²) in [5.41, 5.74) is 1.02. The van der Waals surface area contributed by atoms with Crippen LogP contribution in [0.15, 0.2) is 5.38 Å². The van der Waals surface area contributed by atoms with Gasteiger partial charge in [-0.15, -0.1) is 11.3 Å². The molecule has 0 aromatic carbocycles. The predicted octanol–water partition coefficient (Wildman–Crippen LogP) is 2.67. The highest BCUT2D eigenvalue weighted by molar-refractivity contribution is 7.09. The molecule has 2 aliphatic carbocycles. The normalized spacial score (nSPS) is 25.4. The standard InChI is InChI=1S/C18H25N3O2S/c1-11-10-24-17(19-11)15(12-4-5-12)20-16(22)14-3-2-8-21(9-14)18(23)13-6-7-13/h10,12-15H,2-9H2,1H3,(H,20,22)/t14-,15+/m0/s1. The molecule has 130 valence electrons. The number of rotatable bonds is 5. The van der Waals surface area contributed by atoms with E-state index in [0.717, 1.165) is 42.9 Å². The number of hydrogen-bond donors (Lipinski definition) is 1. The number of nitrogens with one attached hydrogen (secondary N) is 1. The van der Waals surface area contributed by atoms with Gasteiger partial charge in [0.05, 0.1) is 12.0 Å². The van der Waals surface area contributed by atoms with E-state index in [-0.39, 0.29) is 29.7 Å². The Morgan fingerprint density at radius 1 is 1.25 bits per heavy atom. The Morgan fingerprint density at radius 3 is 2.67 bits per heavy atom. The lowest BCUT2D eigenvalue weighted by atomic mass is 9.96. The lowest BCUT2D eigenvalue weighted by Gasteiger charge is -2.33. The topological polar surface area (TPSA) is 62.3 Å². The summed E-state index contributed by atoms with van der Waals surface area (Å²) in [6.45, 7) is 3.40. The van der Waals surface area contributed by atoms with Gasteiger partial charge in [0.25, 0.3) is 0 Å². The summed E-state index contributed by atoms with van der Waals surface area (Å²) in [4.78, 5) is 31.6. The van der Waals surface area contributed by atoms with Crippen LogP contribution in [-0.4, -0.2) is 34.8 Å². The van der Waals surface area contributed by atoms with Crippen LogP contribution in [0.5, 0.6) is 0 Å². The van der Waals surface area contributed by atoms with Crippen molar-refractivity contribution >= 4 is 23.2 Å². The molecule has 4 rings (SSSR count). The highest BCUT2D eigenvalue weighted by Gasteiger charge is 2.39. The fraction of sp³-hybridized carbons (Fsp3) is 0.722. The first kappa shape index (κ1) is 16.1. The molecule has 5 nitrogen and oxygen atoms in total. The van der Waals surface area contributed by atoms with E-state index >= 15 is 0 Å². The Kier molecular flexibility index (Phi) is 4.33. The maximum atomic E-state index is 12.8. The number of aromatic nitrogens is 1. The maximum Gasteiger partial charge on any atom is 0.225 e. The summed E-state index contributed by atoms with van der Waals surface area (Å²) in [6.07, 6.45) is 6.20. The fourth-order valence-corrected chi connectivity index (χ4v) is 4.52. The monoisotopic (exact) mass is 347 g/mol. The molecule has 1 aromatic rings. The van der Waals surface area contributed by atoms with Crippen molar-refractivity contribution in [3.05, 3.63) is 16.1 Å². The van der Waals surface area contributed by atoms with Gasteiger partial charge in [-0.25, -0.2) is 4.98 Å². The van der Waals surface area contributed by atoms with Gasteiger partial charge < -0.3 is 10.2 Å². The zero-order chi connectivity index (χ0) is 16.7. The number of carbonyl (C=O) groups is 2. The summed E-state index contributed by atoms with van der Waals surface area (Å²) in [6, 6.07) is 0.0608. The number of aryl methyl sites for hydroxylation is 1. The molecular formula is C18H25N3O2S. The molecule has 2 saturated carbocycles. The number of thiazole rings is 1. The Morgan fingerprint density at radius 2 is 2.04 bits per heavy atom. The average Bonchev–Trinajstić information content (AvgIpc) is 3.50. The van der Waals surface area contributed by atoms with Crippen LogP contribution < -0.4 is 5.32 Å². The van der Waals surface area contributed by atoms with Crippen molar-refractivity contribution in [3.8, 4) is 0 Å². The third-order valence-electron chi connectivity index (χ3n) is 5.32. The van der Waals surface area contributed by atoms with Crippen LogP contribution in [0.4, 0.5) is 0 Å². The molecule has 2 heterocycles. The number of carbonyl (C=O) groups excluding carboxylic acids is 2. The van der Waals surface area contributed by atoms with Crippen molar-refractivity contribution in [1.82, 2.24) is 15.2 Å². The van der Waals surface area contributed by atoms with Gasteiger partial charge in [0.1, 0.15) is 5.01 Å². The van der Waals surface area contributed by atoms with E-state index in [0.29, 0.717) is 12.5 Å². The summed E-state index contributed by atoms with van der Waals surface area (Å²) in [5.74, 6) is 1.08. The van der Waals surface area contributed by atoms with Crippen LogP contribution >= 0.6 is 11.3 Å². The van der Waals surface area contributed by atoms with Crippen LogP contribution in [0.3, 0.4) is 0 Å². The van der Waals surface area contributed by atoms with Crippen LogP contribution in [0, 0.1) is 24.7 Å². The zero-order valence-electron chi connectivity index (χ0n) is 14.2. The first-order valence-corrected chi connectivity index (χ1v) is 10.0. The Bertz CT molecular complexity index is 636. The second-order valence-corrected chi connectivity index (χ2v) is 8.44. The van der Waals surface area contributed by atoms with Crippen LogP contribution in [0.25, 0.3) is 0 Å². The van der Waals surface area contributed by atoms with Gasteiger partial charge >= 0.3 is 0 Å². The molecule has 1 aliphatic heterocycles. The largest absolute Gasteiger partial charge is 0.346 e. The van der Waals surface area contributed by atoms with Crippen molar-refractivity contribution in [2.45, 2.75) is 51.5 Å². The predicted molar refractivity (Wildman–Crippen MR) is 92.5 cm³/mol. The minimum Gasteiger partial charge on any atom is -0.346 e. The van der Waals surface area contributed by atoms with E-state index in [1.165, 1.54) is 12.8 Å². The first-order chi connectivity index (χ1) is 11.6.